The summed E-state index contributed by atoms with van der Waals surface area (Å²) >= 11 is 2.33. The molecule has 1 heterocycles. The van der Waals surface area contributed by atoms with Gasteiger partial charge in [0.25, 0.3) is 0 Å². The Labute approximate surface area is 131 Å². The Hall–Kier alpha value is -1.82. The van der Waals surface area contributed by atoms with Crippen molar-refractivity contribution in [1.82, 2.24) is 10.2 Å². The van der Waals surface area contributed by atoms with Gasteiger partial charge in [0.15, 0.2) is 5.82 Å². The minimum absolute atomic E-state index is 0.531. The molecule has 1 aromatic heterocycles. The predicted molar refractivity (Wildman–Crippen MR) is 91.3 cm³/mol. The lowest BCUT2D eigenvalue weighted by atomic mass is 10.00. The third-order valence-corrected chi connectivity index (χ3v) is 4.22. The van der Waals surface area contributed by atoms with E-state index in [0.29, 0.717) is 5.82 Å². The van der Waals surface area contributed by atoms with Crippen molar-refractivity contribution in [2.45, 2.75) is 6.92 Å². The molecular formula is C16H14IN3. The number of H-pyrrole nitrogens is 1. The molecule has 3 N–H and O–H groups in total. The summed E-state index contributed by atoms with van der Waals surface area (Å²) in [5, 5.41) is 7.25. The third kappa shape index (κ3) is 2.31. The lowest BCUT2D eigenvalue weighted by Crippen LogP contribution is -1.90. The van der Waals surface area contributed by atoms with Gasteiger partial charge in [-0.05, 0) is 41.1 Å². The fraction of sp³-hybridized carbons (Fsp3) is 0.0625. The molecule has 4 heteroatoms. The van der Waals surface area contributed by atoms with Gasteiger partial charge in [-0.15, -0.1) is 0 Å². The van der Waals surface area contributed by atoms with E-state index in [2.05, 4.69) is 76.1 Å². The smallest absolute Gasteiger partial charge is 0.153 e. The number of nitrogens with two attached hydrogens (primary N) is 1. The first-order valence-corrected chi connectivity index (χ1v) is 7.40. The van der Waals surface area contributed by atoms with E-state index in [1.165, 1.54) is 9.13 Å². The number of anilines is 1. The molecule has 0 atom stereocenters. The summed E-state index contributed by atoms with van der Waals surface area (Å²) in [5.74, 6) is 0.531. The zero-order valence-electron chi connectivity index (χ0n) is 11.0. The fourth-order valence-corrected chi connectivity index (χ4v) is 2.88. The van der Waals surface area contributed by atoms with Gasteiger partial charge in [0.05, 0.1) is 11.3 Å². The standard InChI is InChI=1S/C16H14IN3/c1-10-6-8-11(9-7-10)14-15(19-20-16(14)18)12-4-2-3-5-13(12)17/h2-9H,1H3,(H3,18,19,20). The number of nitrogens with zero attached hydrogens (tertiary/aromatic N) is 1. The number of aromatic amines is 1. The molecule has 0 unspecified atom stereocenters. The average Bonchev–Trinajstić information content (AvgIpc) is 2.82. The summed E-state index contributed by atoms with van der Waals surface area (Å²) in [4.78, 5) is 0. The van der Waals surface area contributed by atoms with Crippen LogP contribution in [-0.4, -0.2) is 10.2 Å². The van der Waals surface area contributed by atoms with Gasteiger partial charge in [0.2, 0.25) is 0 Å². The number of aromatic nitrogens is 2. The van der Waals surface area contributed by atoms with Crippen molar-refractivity contribution in [2.75, 3.05) is 5.73 Å². The predicted octanol–water partition coefficient (Wildman–Crippen LogP) is 4.24. The molecule has 0 saturated heterocycles. The van der Waals surface area contributed by atoms with E-state index in [-0.39, 0.29) is 0 Å². The van der Waals surface area contributed by atoms with E-state index in [9.17, 15) is 0 Å². The molecule has 0 radical (unpaired) electrons. The van der Waals surface area contributed by atoms with E-state index in [4.69, 9.17) is 5.73 Å². The van der Waals surface area contributed by atoms with E-state index < -0.39 is 0 Å². The summed E-state index contributed by atoms with van der Waals surface area (Å²) in [7, 11) is 0. The number of rotatable bonds is 2. The van der Waals surface area contributed by atoms with Crippen LogP contribution in [0.4, 0.5) is 5.82 Å². The van der Waals surface area contributed by atoms with Gasteiger partial charge < -0.3 is 5.73 Å². The van der Waals surface area contributed by atoms with Crippen LogP contribution in [-0.2, 0) is 0 Å². The van der Waals surface area contributed by atoms with Crippen LogP contribution in [0.15, 0.2) is 48.5 Å². The number of benzene rings is 2. The molecule has 3 rings (SSSR count). The molecule has 0 bridgehead atoms. The molecule has 3 nitrogen and oxygen atoms in total. The monoisotopic (exact) mass is 375 g/mol. The largest absolute Gasteiger partial charge is 0.382 e. The average molecular weight is 375 g/mol. The molecule has 0 saturated carbocycles. The Balaban J connectivity index is 2.20. The third-order valence-electron chi connectivity index (χ3n) is 3.28. The first-order chi connectivity index (χ1) is 9.66. The van der Waals surface area contributed by atoms with Gasteiger partial charge in [-0.3, -0.25) is 5.10 Å². The highest BCUT2D eigenvalue weighted by Crippen LogP contribution is 2.36. The van der Waals surface area contributed by atoms with Gasteiger partial charge in [-0.2, -0.15) is 5.10 Å². The highest BCUT2D eigenvalue weighted by Gasteiger charge is 2.16. The Bertz CT molecular complexity index is 745. The minimum Gasteiger partial charge on any atom is -0.382 e. The van der Waals surface area contributed by atoms with Crippen molar-refractivity contribution in [2.24, 2.45) is 0 Å². The molecule has 0 aliphatic carbocycles. The summed E-state index contributed by atoms with van der Waals surface area (Å²) in [6, 6.07) is 16.5. The van der Waals surface area contributed by atoms with Crippen LogP contribution in [0, 0.1) is 10.5 Å². The van der Waals surface area contributed by atoms with Gasteiger partial charge in [-0.25, -0.2) is 0 Å². The van der Waals surface area contributed by atoms with Crippen molar-refractivity contribution < 1.29 is 0 Å². The maximum absolute atomic E-state index is 6.05. The molecule has 0 aliphatic rings. The summed E-state index contributed by atoms with van der Waals surface area (Å²) in [6.45, 7) is 2.07. The Morgan fingerprint density at radius 2 is 1.75 bits per heavy atom. The second-order valence-corrected chi connectivity index (χ2v) is 5.87. The molecule has 20 heavy (non-hydrogen) atoms. The lowest BCUT2D eigenvalue weighted by molar-refractivity contribution is 1.10. The second kappa shape index (κ2) is 5.28. The number of nitrogens with one attached hydrogen (secondary N) is 1. The molecule has 0 amide bonds. The lowest BCUT2D eigenvalue weighted by Gasteiger charge is -2.07. The molecule has 100 valence electrons. The summed E-state index contributed by atoms with van der Waals surface area (Å²) in [5.41, 5.74) is 11.4. The van der Waals surface area contributed by atoms with Crippen molar-refractivity contribution >= 4 is 28.4 Å². The van der Waals surface area contributed by atoms with Crippen LogP contribution in [0.3, 0.4) is 0 Å². The minimum atomic E-state index is 0.531. The number of halogens is 1. The summed E-state index contributed by atoms with van der Waals surface area (Å²) < 4.78 is 1.17. The SMILES string of the molecule is Cc1ccc(-c2c(N)n[nH]c2-c2ccccc2I)cc1. The van der Waals surface area contributed by atoms with Crippen LogP contribution in [0.25, 0.3) is 22.4 Å². The highest BCUT2D eigenvalue weighted by molar-refractivity contribution is 14.1. The molecule has 0 aliphatic heterocycles. The van der Waals surface area contributed by atoms with E-state index >= 15 is 0 Å². The first-order valence-electron chi connectivity index (χ1n) is 6.32. The van der Waals surface area contributed by atoms with Crippen LogP contribution in [0.2, 0.25) is 0 Å². The van der Waals surface area contributed by atoms with E-state index in [0.717, 1.165) is 22.4 Å². The Kier molecular flexibility index (Phi) is 3.48. The highest BCUT2D eigenvalue weighted by atomic mass is 127. The van der Waals surface area contributed by atoms with Crippen LogP contribution >= 0.6 is 22.6 Å². The number of hydrogen-bond acceptors (Lipinski definition) is 2. The maximum atomic E-state index is 6.05. The van der Waals surface area contributed by atoms with Crippen LogP contribution in [0.5, 0.6) is 0 Å². The molecule has 2 aromatic carbocycles. The van der Waals surface area contributed by atoms with E-state index in [1.54, 1.807) is 0 Å². The van der Waals surface area contributed by atoms with Gasteiger partial charge in [-0.1, -0.05) is 48.0 Å². The van der Waals surface area contributed by atoms with Crippen molar-refractivity contribution in [1.29, 1.82) is 0 Å². The topological polar surface area (TPSA) is 54.7 Å². The van der Waals surface area contributed by atoms with E-state index in [1.807, 2.05) is 12.1 Å². The van der Waals surface area contributed by atoms with Crippen LogP contribution in [0.1, 0.15) is 5.56 Å². The number of nitrogen functional groups attached to an aromatic ring is 1. The van der Waals surface area contributed by atoms with Gasteiger partial charge in [0.1, 0.15) is 0 Å². The molecule has 3 aromatic rings. The van der Waals surface area contributed by atoms with Crippen molar-refractivity contribution in [3.05, 3.63) is 57.7 Å². The van der Waals surface area contributed by atoms with Gasteiger partial charge in [0, 0.05) is 9.13 Å². The molecule has 0 spiro atoms. The summed E-state index contributed by atoms with van der Waals surface area (Å²) in [6.07, 6.45) is 0. The van der Waals surface area contributed by atoms with Crippen molar-refractivity contribution in [3.8, 4) is 22.4 Å². The fourth-order valence-electron chi connectivity index (χ4n) is 2.23. The Morgan fingerprint density at radius 1 is 1.05 bits per heavy atom. The normalized spacial score (nSPS) is 10.7. The molecule has 0 fully saturated rings. The first kappa shape index (κ1) is 13.2. The van der Waals surface area contributed by atoms with Gasteiger partial charge >= 0.3 is 0 Å². The van der Waals surface area contributed by atoms with Crippen molar-refractivity contribution in [3.63, 3.8) is 0 Å². The Morgan fingerprint density at radius 3 is 2.45 bits per heavy atom. The van der Waals surface area contributed by atoms with Crippen LogP contribution < -0.4 is 5.73 Å². The quantitative estimate of drug-likeness (QED) is 0.659. The zero-order chi connectivity index (χ0) is 14.1. The number of hydrogen-bond donors (Lipinski definition) is 2. The second-order valence-electron chi connectivity index (χ2n) is 4.70. The molecular weight excluding hydrogens is 361 g/mol. The zero-order valence-corrected chi connectivity index (χ0v) is 13.2. The number of aryl methyl sites for hydroxylation is 1. The maximum Gasteiger partial charge on any atom is 0.153 e.